The van der Waals surface area contributed by atoms with Gasteiger partial charge in [-0.3, -0.25) is 4.79 Å². The van der Waals surface area contributed by atoms with Gasteiger partial charge in [0.05, 0.1) is 20.1 Å². The van der Waals surface area contributed by atoms with Crippen LogP contribution in [0.25, 0.3) is 0 Å². The van der Waals surface area contributed by atoms with Gasteiger partial charge in [0.25, 0.3) is 0 Å². The first-order valence-corrected chi connectivity index (χ1v) is 4.88. The molecule has 0 aromatic carbocycles. The minimum absolute atomic E-state index is 0.251. The van der Waals surface area contributed by atoms with Crippen molar-refractivity contribution >= 4 is 12.0 Å². The largest absolute Gasteiger partial charge is 0.469 e. The third-order valence-electron chi connectivity index (χ3n) is 2.76. The maximum absolute atomic E-state index is 11.3. The van der Waals surface area contributed by atoms with Crippen LogP contribution in [-0.4, -0.2) is 25.7 Å². The van der Waals surface area contributed by atoms with Gasteiger partial charge in [-0.1, -0.05) is 11.6 Å². The summed E-state index contributed by atoms with van der Waals surface area (Å²) in [7, 11) is 1.37. The molecule has 0 aromatic rings. The van der Waals surface area contributed by atoms with Crippen LogP contribution in [0.3, 0.4) is 0 Å². The molecular formula is C11H15NO3. The topological polar surface area (TPSA) is 55.7 Å². The van der Waals surface area contributed by atoms with Crippen LogP contribution in [0, 0.1) is 5.41 Å². The summed E-state index contributed by atoms with van der Waals surface area (Å²) in [5.74, 6) is -0.251. The van der Waals surface area contributed by atoms with Gasteiger partial charge in [-0.05, 0) is 19.8 Å². The van der Waals surface area contributed by atoms with E-state index in [2.05, 4.69) is 15.8 Å². The Bertz CT molecular complexity index is 329. The molecule has 0 aromatic heterocycles. The normalized spacial score (nSPS) is 24.3. The molecule has 0 saturated heterocycles. The van der Waals surface area contributed by atoms with Crippen LogP contribution in [0.15, 0.2) is 16.6 Å². The Morgan fingerprint density at radius 2 is 2.47 bits per heavy atom. The fourth-order valence-electron chi connectivity index (χ4n) is 2.02. The first-order chi connectivity index (χ1) is 7.12. The Morgan fingerprint density at radius 1 is 1.73 bits per heavy atom. The smallest absolute Gasteiger partial charge is 0.306 e. The number of methoxy groups -OCH3 is 1. The van der Waals surface area contributed by atoms with Gasteiger partial charge in [-0.2, -0.15) is 0 Å². The molecule has 0 unspecified atom stereocenters. The Hall–Kier alpha value is -1.41. The summed E-state index contributed by atoms with van der Waals surface area (Å²) in [6, 6.07) is 0. The zero-order valence-corrected chi connectivity index (χ0v) is 9.08. The molecule has 0 saturated carbocycles. The minimum Gasteiger partial charge on any atom is -0.469 e. The van der Waals surface area contributed by atoms with Crippen LogP contribution in [0.5, 0.6) is 0 Å². The number of aliphatic imine (C=N–C) groups is 1. The van der Waals surface area contributed by atoms with E-state index in [9.17, 15) is 9.59 Å². The average molecular weight is 209 g/mol. The quantitative estimate of drug-likeness (QED) is 0.306. The Kier molecular flexibility index (Phi) is 3.81. The molecule has 4 heteroatoms. The lowest BCUT2D eigenvalue weighted by Crippen LogP contribution is -2.26. The van der Waals surface area contributed by atoms with E-state index < -0.39 is 0 Å². The summed E-state index contributed by atoms with van der Waals surface area (Å²) in [5, 5.41) is 0. The van der Waals surface area contributed by atoms with Crippen LogP contribution in [0.2, 0.25) is 0 Å². The Labute approximate surface area is 89.0 Å². The molecule has 1 aliphatic rings. The number of rotatable bonds is 4. The highest BCUT2D eigenvalue weighted by Crippen LogP contribution is 2.40. The highest BCUT2D eigenvalue weighted by atomic mass is 16.5. The first-order valence-electron chi connectivity index (χ1n) is 4.88. The molecule has 0 fully saturated rings. The molecule has 15 heavy (non-hydrogen) atoms. The summed E-state index contributed by atoms with van der Waals surface area (Å²) < 4.78 is 4.65. The summed E-state index contributed by atoms with van der Waals surface area (Å²) in [5.41, 5.74) is 0.981. The summed E-state index contributed by atoms with van der Waals surface area (Å²) >= 11 is 0. The number of nitrogens with zero attached hydrogens (tertiary/aromatic N) is 1. The zero-order chi connectivity index (χ0) is 11.3. The SMILES string of the molecule is COC(=O)C[C@]1(CN=C=O)CC=C(C)C1. The molecule has 1 atom stereocenters. The number of hydrogen-bond acceptors (Lipinski definition) is 4. The summed E-state index contributed by atoms with van der Waals surface area (Å²) in [6.45, 7) is 2.36. The van der Waals surface area contributed by atoms with Gasteiger partial charge in [0.15, 0.2) is 0 Å². The minimum atomic E-state index is -0.255. The molecule has 0 amide bonds. The van der Waals surface area contributed by atoms with Crippen molar-refractivity contribution in [2.24, 2.45) is 10.4 Å². The maximum Gasteiger partial charge on any atom is 0.306 e. The monoisotopic (exact) mass is 209 g/mol. The predicted octanol–water partition coefficient (Wildman–Crippen LogP) is 1.61. The van der Waals surface area contributed by atoms with Gasteiger partial charge >= 0.3 is 5.97 Å². The molecule has 0 N–H and O–H groups in total. The van der Waals surface area contributed by atoms with E-state index in [1.165, 1.54) is 18.8 Å². The van der Waals surface area contributed by atoms with Crippen LogP contribution in [0.4, 0.5) is 0 Å². The second-order valence-electron chi connectivity index (χ2n) is 4.09. The van der Waals surface area contributed by atoms with Gasteiger partial charge < -0.3 is 4.74 Å². The predicted molar refractivity (Wildman–Crippen MR) is 55.0 cm³/mol. The summed E-state index contributed by atoms with van der Waals surface area (Å²) in [4.78, 5) is 25.0. The highest BCUT2D eigenvalue weighted by molar-refractivity contribution is 5.70. The van der Waals surface area contributed by atoms with Crippen molar-refractivity contribution in [2.45, 2.75) is 26.2 Å². The second kappa shape index (κ2) is 4.89. The van der Waals surface area contributed by atoms with Crippen molar-refractivity contribution in [3.8, 4) is 0 Å². The van der Waals surface area contributed by atoms with Crippen molar-refractivity contribution in [1.29, 1.82) is 0 Å². The molecule has 0 bridgehead atoms. The molecule has 0 heterocycles. The van der Waals surface area contributed by atoms with Gasteiger partial charge in [0.2, 0.25) is 6.08 Å². The highest BCUT2D eigenvalue weighted by Gasteiger charge is 2.35. The van der Waals surface area contributed by atoms with Crippen molar-refractivity contribution in [3.63, 3.8) is 0 Å². The number of isocyanates is 1. The molecule has 4 nitrogen and oxygen atoms in total. The van der Waals surface area contributed by atoms with Crippen molar-refractivity contribution < 1.29 is 14.3 Å². The summed E-state index contributed by atoms with van der Waals surface area (Å²) in [6.07, 6.45) is 5.50. The molecule has 1 rings (SSSR count). The molecular weight excluding hydrogens is 194 g/mol. The van der Waals surface area contributed by atoms with Crippen molar-refractivity contribution in [2.75, 3.05) is 13.7 Å². The van der Waals surface area contributed by atoms with Crippen LogP contribution in [-0.2, 0) is 14.3 Å². The third kappa shape index (κ3) is 3.03. The maximum atomic E-state index is 11.3. The van der Waals surface area contributed by atoms with E-state index in [-0.39, 0.29) is 11.4 Å². The zero-order valence-electron chi connectivity index (χ0n) is 9.08. The Balaban J connectivity index is 2.70. The molecule has 0 aliphatic heterocycles. The number of carbonyl (C=O) groups excluding carboxylic acids is 2. The van der Waals surface area contributed by atoms with E-state index in [1.807, 2.05) is 6.92 Å². The lowest BCUT2D eigenvalue weighted by atomic mass is 9.81. The van der Waals surface area contributed by atoms with E-state index in [0.29, 0.717) is 13.0 Å². The van der Waals surface area contributed by atoms with E-state index >= 15 is 0 Å². The van der Waals surface area contributed by atoms with E-state index in [1.54, 1.807) is 0 Å². The van der Waals surface area contributed by atoms with Gasteiger partial charge in [0.1, 0.15) is 0 Å². The average Bonchev–Trinajstić information content (AvgIpc) is 2.57. The lowest BCUT2D eigenvalue weighted by molar-refractivity contribution is -0.143. The fourth-order valence-corrected chi connectivity index (χ4v) is 2.02. The first kappa shape index (κ1) is 11.7. The lowest BCUT2D eigenvalue weighted by Gasteiger charge is -2.25. The van der Waals surface area contributed by atoms with Crippen molar-refractivity contribution in [3.05, 3.63) is 11.6 Å². The van der Waals surface area contributed by atoms with Gasteiger partial charge in [-0.15, -0.1) is 0 Å². The van der Waals surface area contributed by atoms with Crippen LogP contribution in [0.1, 0.15) is 26.2 Å². The van der Waals surface area contributed by atoms with Crippen LogP contribution < -0.4 is 0 Å². The Morgan fingerprint density at radius 3 is 2.93 bits per heavy atom. The number of hydrogen-bond donors (Lipinski definition) is 0. The molecule has 0 radical (unpaired) electrons. The van der Waals surface area contributed by atoms with Crippen LogP contribution >= 0.6 is 0 Å². The molecule has 82 valence electrons. The number of allylic oxidation sites excluding steroid dienone is 2. The van der Waals surface area contributed by atoms with Gasteiger partial charge in [0, 0.05) is 5.41 Å². The second-order valence-corrected chi connectivity index (χ2v) is 4.09. The van der Waals surface area contributed by atoms with E-state index in [0.717, 1.165) is 12.8 Å². The molecule has 0 spiro atoms. The third-order valence-corrected chi connectivity index (χ3v) is 2.76. The molecule has 1 aliphatic carbocycles. The fraction of sp³-hybridized carbons (Fsp3) is 0.636. The number of ether oxygens (including phenoxy) is 1. The number of esters is 1. The van der Waals surface area contributed by atoms with Crippen molar-refractivity contribution in [1.82, 2.24) is 0 Å². The van der Waals surface area contributed by atoms with Gasteiger partial charge in [-0.25, -0.2) is 9.79 Å². The number of carbonyl (C=O) groups is 1. The standard InChI is InChI=1S/C11H15NO3/c1-9-3-4-11(5-9,7-12-8-13)6-10(14)15-2/h3H,4-7H2,1-2H3/t11-/m0/s1. The van der Waals surface area contributed by atoms with E-state index in [4.69, 9.17) is 0 Å².